The molecule has 1 aromatic carbocycles. The first-order chi connectivity index (χ1) is 5.82. The molecule has 13 heavy (non-hydrogen) atoms. The minimum Gasteiger partial charge on any atom is -0.212 e. The smallest absolute Gasteiger partial charge is 0.212 e. The second-order valence-corrected chi connectivity index (χ2v) is 7.01. The Morgan fingerprint density at radius 1 is 1.08 bits per heavy atom. The molecule has 0 fully saturated rings. The molecule has 0 aliphatic heterocycles. The number of halogens is 1. The van der Waals surface area contributed by atoms with Gasteiger partial charge in [-0.2, -0.15) is 0 Å². The highest BCUT2D eigenvalue weighted by Gasteiger charge is 2.15. The Morgan fingerprint density at radius 2 is 1.46 bits per heavy atom. The average Bonchev–Trinajstić information content (AvgIpc) is 1.78. The van der Waals surface area contributed by atoms with Crippen molar-refractivity contribution in [2.75, 3.05) is 0 Å². The molecule has 2 nitrogen and oxygen atoms in total. The van der Waals surface area contributed by atoms with Crippen LogP contribution in [0.25, 0.3) is 0 Å². The first kappa shape index (κ1) is 10.7. The van der Waals surface area contributed by atoms with Crippen LogP contribution in [0, 0.1) is 20.8 Å². The standard InChI is InChI=1S/C9H11BrO2S/c1-6-4-7(2)9(8(3)5-6)13(10,11)12/h4-5H,1-3H3. The van der Waals surface area contributed by atoms with Crippen molar-refractivity contribution in [1.82, 2.24) is 0 Å². The lowest BCUT2D eigenvalue weighted by Crippen LogP contribution is -1.98. The summed E-state index contributed by atoms with van der Waals surface area (Å²) in [6.07, 6.45) is 0. The van der Waals surface area contributed by atoms with Crippen molar-refractivity contribution in [2.45, 2.75) is 25.7 Å². The molecule has 0 spiro atoms. The Hall–Kier alpha value is -0.350. The van der Waals surface area contributed by atoms with Gasteiger partial charge in [0.15, 0.2) is 0 Å². The molecule has 1 aromatic rings. The molecule has 72 valence electrons. The van der Waals surface area contributed by atoms with Gasteiger partial charge in [0.05, 0.1) is 19.7 Å². The van der Waals surface area contributed by atoms with E-state index in [-0.39, 0.29) is 0 Å². The fourth-order valence-corrected chi connectivity index (χ4v) is 3.97. The zero-order valence-corrected chi connectivity index (χ0v) is 10.2. The second-order valence-electron chi connectivity index (χ2n) is 3.17. The van der Waals surface area contributed by atoms with Crippen LogP contribution in [0.4, 0.5) is 0 Å². The van der Waals surface area contributed by atoms with Crippen molar-refractivity contribution in [3.05, 3.63) is 28.8 Å². The lowest BCUT2D eigenvalue weighted by atomic mass is 10.1. The van der Waals surface area contributed by atoms with Crippen LogP contribution in [0.1, 0.15) is 16.7 Å². The van der Waals surface area contributed by atoms with Gasteiger partial charge >= 0.3 is 0 Å². The predicted octanol–water partition coefficient (Wildman–Crippen LogP) is 2.70. The Balaban J connectivity index is 3.57. The Bertz CT molecular complexity index is 412. The van der Waals surface area contributed by atoms with E-state index in [1.807, 2.05) is 19.1 Å². The van der Waals surface area contributed by atoms with Gasteiger partial charge in [0, 0.05) is 0 Å². The van der Waals surface area contributed by atoms with Crippen molar-refractivity contribution < 1.29 is 8.42 Å². The quantitative estimate of drug-likeness (QED) is 0.730. The third kappa shape index (κ3) is 2.31. The summed E-state index contributed by atoms with van der Waals surface area (Å²) in [6, 6.07) is 3.72. The summed E-state index contributed by atoms with van der Waals surface area (Å²) in [7, 11) is -3.27. The topological polar surface area (TPSA) is 34.1 Å². The second kappa shape index (κ2) is 3.42. The van der Waals surface area contributed by atoms with Crippen LogP contribution in [-0.2, 0) is 8.27 Å². The van der Waals surface area contributed by atoms with Crippen molar-refractivity contribution >= 4 is 23.1 Å². The van der Waals surface area contributed by atoms with Gasteiger partial charge in [-0.15, -0.1) is 0 Å². The minimum absolute atomic E-state index is 0.387. The highest BCUT2D eigenvalue weighted by atomic mass is 79.9. The third-order valence-corrected chi connectivity index (χ3v) is 3.95. The summed E-state index contributed by atoms with van der Waals surface area (Å²) in [4.78, 5) is 0.387. The van der Waals surface area contributed by atoms with E-state index >= 15 is 0 Å². The number of aryl methyl sites for hydroxylation is 3. The fourth-order valence-electron chi connectivity index (χ4n) is 1.55. The normalized spacial score (nSPS) is 11.7. The van der Waals surface area contributed by atoms with Crippen LogP contribution in [0.5, 0.6) is 0 Å². The monoisotopic (exact) mass is 262 g/mol. The SMILES string of the molecule is Cc1cc(C)c(S(=O)(=O)Br)c(C)c1. The molecule has 0 atom stereocenters. The summed E-state index contributed by atoms with van der Waals surface area (Å²) in [5, 5.41) is 0. The van der Waals surface area contributed by atoms with Crippen LogP contribution >= 0.6 is 14.8 Å². The van der Waals surface area contributed by atoms with Gasteiger partial charge in [0.2, 0.25) is 8.27 Å². The van der Waals surface area contributed by atoms with Gasteiger partial charge in [0.1, 0.15) is 0 Å². The van der Waals surface area contributed by atoms with Crippen molar-refractivity contribution in [2.24, 2.45) is 0 Å². The van der Waals surface area contributed by atoms with Gasteiger partial charge in [0.25, 0.3) is 0 Å². The minimum atomic E-state index is -3.27. The molecule has 0 aliphatic rings. The largest absolute Gasteiger partial charge is 0.238 e. The molecule has 0 aromatic heterocycles. The summed E-state index contributed by atoms with van der Waals surface area (Å²) in [5.41, 5.74) is 2.65. The van der Waals surface area contributed by atoms with Gasteiger partial charge in [-0.3, -0.25) is 0 Å². The summed E-state index contributed by atoms with van der Waals surface area (Å²) < 4.78 is 22.6. The maximum atomic E-state index is 11.3. The van der Waals surface area contributed by atoms with Crippen LogP contribution in [0.2, 0.25) is 0 Å². The van der Waals surface area contributed by atoms with Crippen molar-refractivity contribution in [3.8, 4) is 0 Å². The van der Waals surface area contributed by atoms with Gasteiger partial charge < -0.3 is 0 Å². The lowest BCUT2D eigenvalue weighted by molar-refractivity contribution is 0.610. The first-order valence-corrected chi connectivity index (χ1v) is 7.17. The molecule has 1 rings (SSSR count). The predicted molar refractivity (Wildman–Crippen MR) is 56.8 cm³/mol. The molecule has 0 saturated heterocycles. The van der Waals surface area contributed by atoms with Crippen LogP contribution in [0.3, 0.4) is 0 Å². The van der Waals surface area contributed by atoms with E-state index in [1.165, 1.54) is 0 Å². The van der Waals surface area contributed by atoms with Crippen molar-refractivity contribution in [1.29, 1.82) is 0 Å². The Labute approximate surface area is 86.1 Å². The molecule has 0 amide bonds. The summed E-state index contributed by atoms with van der Waals surface area (Å²) >= 11 is 2.69. The zero-order valence-electron chi connectivity index (χ0n) is 7.76. The Kier molecular flexibility index (Phi) is 2.82. The summed E-state index contributed by atoms with van der Waals surface area (Å²) in [6.45, 7) is 5.55. The number of hydrogen-bond donors (Lipinski definition) is 0. The van der Waals surface area contributed by atoms with Crippen LogP contribution in [-0.4, -0.2) is 8.42 Å². The van der Waals surface area contributed by atoms with Crippen LogP contribution in [0.15, 0.2) is 17.0 Å². The van der Waals surface area contributed by atoms with E-state index < -0.39 is 8.27 Å². The highest BCUT2D eigenvalue weighted by molar-refractivity contribution is 9.47. The molecule has 0 N–H and O–H groups in total. The molecule has 0 bridgehead atoms. The first-order valence-electron chi connectivity index (χ1n) is 3.85. The molecular weight excluding hydrogens is 252 g/mol. The molecular formula is C9H11BrO2S. The van der Waals surface area contributed by atoms with E-state index in [4.69, 9.17) is 0 Å². The zero-order chi connectivity index (χ0) is 10.2. The molecule has 0 radical (unpaired) electrons. The van der Waals surface area contributed by atoms with E-state index in [0.29, 0.717) is 4.90 Å². The van der Waals surface area contributed by atoms with E-state index in [2.05, 4.69) is 14.8 Å². The van der Waals surface area contributed by atoms with Gasteiger partial charge in [-0.25, -0.2) is 8.42 Å². The van der Waals surface area contributed by atoms with Gasteiger partial charge in [-0.05, 0) is 31.9 Å². The van der Waals surface area contributed by atoms with Crippen LogP contribution < -0.4 is 0 Å². The molecule has 0 aliphatic carbocycles. The maximum absolute atomic E-state index is 11.3. The fraction of sp³-hybridized carbons (Fsp3) is 0.333. The molecule has 0 unspecified atom stereocenters. The average molecular weight is 263 g/mol. The van der Waals surface area contributed by atoms with E-state index in [9.17, 15) is 8.42 Å². The summed E-state index contributed by atoms with van der Waals surface area (Å²) in [5.74, 6) is 0. The Morgan fingerprint density at radius 3 is 1.77 bits per heavy atom. The van der Waals surface area contributed by atoms with Gasteiger partial charge in [-0.1, -0.05) is 17.7 Å². The third-order valence-electron chi connectivity index (χ3n) is 1.85. The number of hydrogen-bond acceptors (Lipinski definition) is 2. The lowest BCUT2D eigenvalue weighted by Gasteiger charge is -2.07. The molecule has 0 saturated carbocycles. The molecule has 0 heterocycles. The number of rotatable bonds is 1. The maximum Gasteiger partial charge on any atom is 0.238 e. The highest BCUT2D eigenvalue weighted by Crippen LogP contribution is 2.25. The van der Waals surface area contributed by atoms with Crippen molar-refractivity contribution in [3.63, 3.8) is 0 Å². The van der Waals surface area contributed by atoms with E-state index in [1.54, 1.807) is 13.8 Å². The number of benzene rings is 1. The molecule has 4 heteroatoms. The van der Waals surface area contributed by atoms with E-state index in [0.717, 1.165) is 16.7 Å².